The maximum Gasteiger partial charge on any atom is 0.303 e. The van der Waals surface area contributed by atoms with E-state index >= 15 is 0 Å². The van der Waals surface area contributed by atoms with Gasteiger partial charge in [0.1, 0.15) is 0 Å². The predicted molar refractivity (Wildman–Crippen MR) is 81.8 cm³/mol. The summed E-state index contributed by atoms with van der Waals surface area (Å²) >= 11 is 5.92. The summed E-state index contributed by atoms with van der Waals surface area (Å²) in [5.74, 6) is -1.19. The molecule has 0 saturated carbocycles. The summed E-state index contributed by atoms with van der Waals surface area (Å²) < 4.78 is 0. The van der Waals surface area contributed by atoms with E-state index in [-0.39, 0.29) is 18.7 Å². The van der Waals surface area contributed by atoms with Crippen molar-refractivity contribution < 1.29 is 14.7 Å². The number of hydrogen-bond acceptors (Lipinski definition) is 2. The van der Waals surface area contributed by atoms with Gasteiger partial charge in [0.05, 0.1) is 0 Å². The number of amides is 1. The van der Waals surface area contributed by atoms with E-state index in [0.29, 0.717) is 21.8 Å². The standard InChI is InChI=1S/C16H14ClNO3/c17-12-7-8-14(11(10-12)6-9-15(19)20)16(21)18-13-4-2-1-3-5-13/h1-5,7-8,10H,6,9H2,(H,18,21)(H,19,20). The molecule has 21 heavy (non-hydrogen) atoms. The highest BCUT2D eigenvalue weighted by Gasteiger charge is 2.13. The zero-order valence-corrected chi connectivity index (χ0v) is 11.9. The normalized spacial score (nSPS) is 10.1. The van der Waals surface area contributed by atoms with Crippen LogP contribution in [0.2, 0.25) is 5.02 Å². The maximum atomic E-state index is 12.3. The number of carboxylic acid groups (broad SMARTS) is 1. The average Bonchev–Trinajstić information content (AvgIpc) is 2.46. The first-order valence-electron chi connectivity index (χ1n) is 6.43. The van der Waals surface area contributed by atoms with Crippen molar-refractivity contribution in [3.63, 3.8) is 0 Å². The summed E-state index contributed by atoms with van der Waals surface area (Å²) in [6, 6.07) is 13.9. The molecule has 2 aromatic carbocycles. The summed E-state index contributed by atoms with van der Waals surface area (Å²) in [5.41, 5.74) is 1.74. The van der Waals surface area contributed by atoms with E-state index < -0.39 is 5.97 Å². The van der Waals surface area contributed by atoms with Gasteiger partial charge in [-0.2, -0.15) is 0 Å². The third-order valence-corrected chi connectivity index (χ3v) is 3.19. The average molecular weight is 304 g/mol. The van der Waals surface area contributed by atoms with Gasteiger partial charge in [-0.1, -0.05) is 29.8 Å². The van der Waals surface area contributed by atoms with Crippen molar-refractivity contribution in [2.45, 2.75) is 12.8 Å². The number of carboxylic acids is 1. The number of halogens is 1. The maximum absolute atomic E-state index is 12.3. The Labute approximate surface area is 127 Å². The lowest BCUT2D eigenvalue weighted by Crippen LogP contribution is -2.14. The highest BCUT2D eigenvalue weighted by Crippen LogP contribution is 2.19. The second-order valence-electron chi connectivity index (χ2n) is 4.52. The molecule has 2 N–H and O–H groups in total. The van der Waals surface area contributed by atoms with Crippen LogP contribution in [0, 0.1) is 0 Å². The number of aliphatic carboxylic acids is 1. The SMILES string of the molecule is O=C(O)CCc1cc(Cl)ccc1C(=O)Nc1ccccc1. The molecule has 0 aromatic heterocycles. The number of rotatable bonds is 5. The summed E-state index contributed by atoms with van der Waals surface area (Å²) in [6.07, 6.45) is 0.208. The first-order valence-corrected chi connectivity index (χ1v) is 6.80. The van der Waals surface area contributed by atoms with Crippen LogP contribution >= 0.6 is 11.6 Å². The lowest BCUT2D eigenvalue weighted by atomic mass is 10.0. The van der Waals surface area contributed by atoms with Gasteiger partial charge in [-0.25, -0.2) is 0 Å². The van der Waals surface area contributed by atoms with Crippen LogP contribution in [0.1, 0.15) is 22.3 Å². The molecule has 0 aliphatic heterocycles. The Kier molecular flexibility index (Phi) is 4.95. The largest absolute Gasteiger partial charge is 0.481 e. The minimum absolute atomic E-state index is 0.0496. The smallest absolute Gasteiger partial charge is 0.303 e. The van der Waals surface area contributed by atoms with Gasteiger partial charge in [0.25, 0.3) is 5.91 Å². The van der Waals surface area contributed by atoms with E-state index in [1.54, 1.807) is 30.3 Å². The van der Waals surface area contributed by atoms with E-state index in [1.807, 2.05) is 18.2 Å². The molecule has 1 amide bonds. The molecule has 0 spiro atoms. The van der Waals surface area contributed by atoms with Crippen LogP contribution in [0.25, 0.3) is 0 Å². The molecule has 0 atom stereocenters. The number of carbonyl (C=O) groups excluding carboxylic acids is 1. The highest BCUT2D eigenvalue weighted by atomic mass is 35.5. The minimum Gasteiger partial charge on any atom is -0.481 e. The monoisotopic (exact) mass is 303 g/mol. The van der Waals surface area contributed by atoms with Gasteiger partial charge in [0.2, 0.25) is 0 Å². The van der Waals surface area contributed by atoms with E-state index in [1.165, 1.54) is 0 Å². The molecule has 0 aliphatic rings. The molecule has 108 valence electrons. The summed E-state index contributed by atoms with van der Waals surface area (Å²) in [4.78, 5) is 23.0. The molecule has 0 bridgehead atoms. The van der Waals surface area contributed by atoms with Gasteiger partial charge in [-0.05, 0) is 42.3 Å². The Morgan fingerprint density at radius 2 is 1.81 bits per heavy atom. The van der Waals surface area contributed by atoms with Crippen molar-refractivity contribution in [1.29, 1.82) is 0 Å². The molecule has 0 radical (unpaired) electrons. The van der Waals surface area contributed by atoms with E-state index in [9.17, 15) is 9.59 Å². The zero-order valence-electron chi connectivity index (χ0n) is 11.2. The second kappa shape index (κ2) is 6.90. The topological polar surface area (TPSA) is 66.4 Å². The van der Waals surface area contributed by atoms with Crippen molar-refractivity contribution in [2.24, 2.45) is 0 Å². The highest BCUT2D eigenvalue weighted by molar-refractivity contribution is 6.30. The molecule has 0 unspecified atom stereocenters. The molecule has 4 nitrogen and oxygen atoms in total. The van der Waals surface area contributed by atoms with Crippen LogP contribution in [-0.4, -0.2) is 17.0 Å². The Bertz CT molecular complexity index is 656. The summed E-state index contributed by atoms with van der Waals surface area (Å²) in [7, 11) is 0. The van der Waals surface area contributed by atoms with Crippen molar-refractivity contribution in [3.05, 3.63) is 64.7 Å². The number of anilines is 1. The van der Waals surface area contributed by atoms with Crippen molar-refractivity contribution >= 4 is 29.2 Å². The fraction of sp³-hybridized carbons (Fsp3) is 0.125. The van der Waals surface area contributed by atoms with Gasteiger partial charge in [0.15, 0.2) is 0 Å². The number of hydrogen-bond donors (Lipinski definition) is 2. The molecule has 0 heterocycles. The number of para-hydroxylation sites is 1. The van der Waals surface area contributed by atoms with Crippen molar-refractivity contribution in [3.8, 4) is 0 Å². The number of benzene rings is 2. The Hall–Kier alpha value is -2.33. The van der Waals surface area contributed by atoms with Gasteiger partial charge >= 0.3 is 5.97 Å². The summed E-state index contributed by atoms with van der Waals surface area (Å²) in [5, 5.41) is 12.0. The molecule has 2 rings (SSSR count). The lowest BCUT2D eigenvalue weighted by Gasteiger charge is -2.10. The molecule has 5 heteroatoms. The van der Waals surface area contributed by atoms with Crippen LogP contribution in [0.15, 0.2) is 48.5 Å². The number of aryl methyl sites for hydroxylation is 1. The molecule has 0 aliphatic carbocycles. The third kappa shape index (κ3) is 4.33. The predicted octanol–water partition coefficient (Wildman–Crippen LogP) is 3.61. The van der Waals surface area contributed by atoms with Crippen LogP contribution in [-0.2, 0) is 11.2 Å². The molecule has 0 fully saturated rings. The Balaban J connectivity index is 2.21. The van der Waals surface area contributed by atoms with E-state index in [0.717, 1.165) is 0 Å². The molecule has 2 aromatic rings. The fourth-order valence-corrected chi connectivity index (χ4v) is 2.15. The van der Waals surface area contributed by atoms with Crippen LogP contribution < -0.4 is 5.32 Å². The van der Waals surface area contributed by atoms with Crippen LogP contribution in [0.3, 0.4) is 0 Å². The second-order valence-corrected chi connectivity index (χ2v) is 4.95. The molecule has 0 saturated heterocycles. The molecular formula is C16H14ClNO3. The third-order valence-electron chi connectivity index (χ3n) is 2.95. The van der Waals surface area contributed by atoms with Gasteiger partial charge < -0.3 is 10.4 Å². The zero-order chi connectivity index (χ0) is 15.2. The van der Waals surface area contributed by atoms with E-state index in [4.69, 9.17) is 16.7 Å². The van der Waals surface area contributed by atoms with Crippen molar-refractivity contribution in [2.75, 3.05) is 5.32 Å². The quantitative estimate of drug-likeness (QED) is 0.886. The first-order chi connectivity index (χ1) is 10.1. The number of nitrogens with one attached hydrogen (secondary N) is 1. The van der Waals surface area contributed by atoms with Gasteiger partial charge in [-0.15, -0.1) is 0 Å². The lowest BCUT2D eigenvalue weighted by molar-refractivity contribution is -0.136. The fourth-order valence-electron chi connectivity index (χ4n) is 1.95. The van der Waals surface area contributed by atoms with Crippen LogP contribution in [0.4, 0.5) is 5.69 Å². The number of carbonyl (C=O) groups is 2. The van der Waals surface area contributed by atoms with E-state index in [2.05, 4.69) is 5.32 Å². The van der Waals surface area contributed by atoms with Gasteiger partial charge in [0, 0.05) is 22.7 Å². The minimum atomic E-state index is -0.913. The van der Waals surface area contributed by atoms with Gasteiger partial charge in [-0.3, -0.25) is 9.59 Å². The van der Waals surface area contributed by atoms with Crippen LogP contribution in [0.5, 0.6) is 0 Å². The Morgan fingerprint density at radius 1 is 1.10 bits per heavy atom. The van der Waals surface area contributed by atoms with Crippen molar-refractivity contribution in [1.82, 2.24) is 0 Å². The Morgan fingerprint density at radius 3 is 2.48 bits per heavy atom. The summed E-state index contributed by atoms with van der Waals surface area (Å²) in [6.45, 7) is 0. The first kappa shape index (κ1) is 15.1. The molecular weight excluding hydrogens is 290 g/mol.